The number of allylic oxidation sites excluding steroid dienone is 1. The molecule has 54 heavy (non-hydrogen) atoms. The topological polar surface area (TPSA) is 182 Å². The third kappa shape index (κ3) is 15.9. The van der Waals surface area contributed by atoms with Crippen molar-refractivity contribution in [3.05, 3.63) is 113 Å². The van der Waals surface area contributed by atoms with Gasteiger partial charge in [0.15, 0.2) is 0 Å². The Morgan fingerprint density at radius 2 is 1.41 bits per heavy atom. The number of amides is 3. The molecule has 0 fully saturated rings. The van der Waals surface area contributed by atoms with Gasteiger partial charge in [-0.3, -0.25) is 19.4 Å². The van der Waals surface area contributed by atoms with Gasteiger partial charge in [-0.1, -0.05) is 82.2 Å². The van der Waals surface area contributed by atoms with E-state index in [9.17, 15) is 19.2 Å². The zero-order valence-electron chi connectivity index (χ0n) is 33.0. The summed E-state index contributed by atoms with van der Waals surface area (Å²) < 4.78 is 0. The second-order valence-corrected chi connectivity index (χ2v) is 14.7. The zero-order valence-corrected chi connectivity index (χ0v) is 33.0. The Bertz CT molecular complexity index is 1640. The number of carbonyl (C=O) groups excluding carboxylic acids is 3. The van der Waals surface area contributed by atoms with Crippen LogP contribution in [0.3, 0.4) is 0 Å². The van der Waals surface area contributed by atoms with Crippen LogP contribution >= 0.6 is 0 Å². The number of carboxylic acids is 1. The SMILES string of the molecule is CCC[C@H](NC(=O)C(CC(C)(C)C)NC(=O)c1ccncc1)C(NC(CN[C@@H](C)C(=O)NCc1ccc(C(=O)O)cc1)Cc1ccccc1)=C(C)C.CO. The molecule has 4 atom stereocenters. The van der Waals surface area contributed by atoms with Crippen LogP contribution < -0.4 is 26.6 Å². The summed E-state index contributed by atoms with van der Waals surface area (Å²) in [5.74, 6) is -1.76. The van der Waals surface area contributed by atoms with Crippen molar-refractivity contribution in [1.82, 2.24) is 31.6 Å². The summed E-state index contributed by atoms with van der Waals surface area (Å²) in [5, 5.41) is 32.4. The Labute approximate surface area is 320 Å². The Morgan fingerprint density at radius 1 is 0.778 bits per heavy atom. The Morgan fingerprint density at radius 3 is 1.96 bits per heavy atom. The van der Waals surface area contributed by atoms with Crippen LogP contribution in [0.25, 0.3) is 0 Å². The van der Waals surface area contributed by atoms with Crippen molar-refractivity contribution in [1.29, 1.82) is 0 Å². The van der Waals surface area contributed by atoms with Crippen molar-refractivity contribution in [2.75, 3.05) is 13.7 Å². The summed E-state index contributed by atoms with van der Waals surface area (Å²) in [6.45, 7) is 14.8. The number of pyridine rings is 1. The fraction of sp³-hybridized carbons (Fsp3) is 0.452. The highest BCUT2D eigenvalue weighted by Crippen LogP contribution is 2.22. The normalized spacial score (nSPS) is 13.1. The molecule has 294 valence electrons. The first kappa shape index (κ1) is 45.1. The van der Waals surface area contributed by atoms with Crippen LogP contribution in [0.4, 0.5) is 0 Å². The molecule has 0 aliphatic carbocycles. The average molecular weight is 745 g/mol. The van der Waals surface area contributed by atoms with Gasteiger partial charge >= 0.3 is 5.97 Å². The number of carboxylic acid groups (broad SMARTS) is 1. The fourth-order valence-electron chi connectivity index (χ4n) is 5.82. The van der Waals surface area contributed by atoms with E-state index in [-0.39, 0.29) is 47.3 Å². The van der Waals surface area contributed by atoms with Gasteiger partial charge in [0, 0.05) is 49.9 Å². The van der Waals surface area contributed by atoms with Gasteiger partial charge in [0.2, 0.25) is 11.8 Å². The van der Waals surface area contributed by atoms with E-state index in [0.717, 1.165) is 35.9 Å². The maximum Gasteiger partial charge on any atom is 0.335 e. The number of aliphatic hydroxyl groups excluding tert-OH is 1. The molecule has 12 heteroatoms. The van der Waals surface area contributed by atoms with Crippen LogP contribution in [-0.4, -0.2) is 76.7 Å². The molecule has 3 aromatic rings. The van der Waals surface area contributed by atoms with Crippen LogP contribution in [0, 0.1) is 5.41 Å². The van der Waals surface area contributed by atoms with Crippen molar-refractivity contribution in [3.63, 3.8) is 0 Å². The molecule has 3 amide bonds. The lowest BCUT2D eigenvalue weighted by atomic mass is 9.87. The van der Waals surface area contributed by atoms with E-state index in [4.69, 9.17) is 10.2 Å². The fourth-order valence-corrected chi connectivity index (χ4v) is 5.82. The molecule has 0 saturated carbocycles. The molecule has 0 aliphatic rings. The minimum absolute atomic E-state index is 0.140. The summed E-state index contributed by atoms with van der Waals surface area (Å²) in [7, 11) is 1.00. The predicted molar refractivity (Wildman–Crippen MR) is 213 cm³/mol. The van der Waals surface area contributed by atoms with Gasteiger partial charge in [-0.25, -0.2) is 4.79 Å². The molecule has 0 aliphatic heterocycles. The second kappa shape index (κ2) is 22.9. The Hall–Kier alpha value is -5.07. The highest BCUT2D eigenvalue weighted by atomic mass is 16.4. The molecule has 2 unspecified atom stereocenters. The number of aliphatic hydroxyl groups is 1. The molecule has 0 bridgehead atoms. The van der Waals surface area contributed by atoms with Gasteiger partial charge in [0.25, 0.3) is 5.91 Å². The van der Waals surface area contributed by atoms with E-state index in [2.05, 4.69) is 50.6 Å². The number of carbonyl (C=O) groups is 4. The smallest absolute Gasteiger partial charge is 0.335 e. The largest absolute Gasteiger partial charge is 0.478 e. The lowest BCUT2D eigenvalue weighted by molar-refractivity contribution is -0.124. The minimum Gasteiger partial charge on any atom is -0.478 e. The maximum atomic E-state index is 14.0. The summed E-state index contributed by atoms with van der Waals surface area (Å²) in [6.07, 6.45) is 5.70. The third-order valence-corrected chi connectivity index (χ3v) is 8.58. The third-order valence-electron chi connectivity index (χ3n) is 8.58. The number of aromatic nitrogens is 1. The number of rotatable bonds is 19. The number of hydrogen-bond acceptors (Lipinski definition) is 8. The van der Waals surface area contributed by atoms with Gasteiger partial charge in [-0.15, -0.1) is 0 Å². The summed E-state index contributed by atoms with van der Waals surface area (Å²) >= 11 is 0. The van der Waals surface area contributed by atoms with Crippen LogP contribution in [-0.2, 0) is 22.6 Å². The molecule has 0 radical (unpaired) electrons. The average Bonchev–Trinajstić information content (AvgIpc) is 3.15. The number of nitrogens with one attached hydrogen (secondary N) is 5. The van der Waals surface area contributed by atoms with Crippen LogP contribution in [0.5, 0.6) is 0 Å². The van der Waals surface area contributed by atoms with Gasteiger partial charge < -0.3 is 36.8 Å². The second-order valence-electron chi connectivity index (χ2n) is 14.7. The molecule has 3 rings (SSSR count). The van der Waals surface area contributed by atoms with Crippen molar-refractivity contribution in [2.24, 2.45) is 5.41 Å². The van der Waals surface area contributed by atoms with Crippen LogP contribution in [0.2, 0.25) is 0 Å². The molecule has 0 spiro atoms. The summed E-state index contributed by atoms with van der Waals surface area (Å²) in [6, 6.07) is 18.0. The molecule has 2 aromatic carbocycles. The molecular formula is C42H60N6O6. The van der Waals surface area contributed by atoms with E-state index < -0.39 is 18.1 Å². The molecule has 7 N–H and O–H groups in total. The van der Waals surface area contributed by atoms with E-state index in [0.29, 0.717) is 31.4 Å². The Balaban J connectivity index is 0.00000495. The lowest BCUT2D eigenvalue weighted by Gasteiger charge is -2.32. The molecule has 1 heterocycles. The first-order valence-corrected chi connectivity index (χ1v) is 18.4. The van der Waals surface area contributed by atoms with Gasteiger partial charge in [0.05, 0.1) is 17.6 Å². The zero-order chi connectivity index (χ0) is 40.3. The van der Waals surface area contributed by atoms with E-state index in [1.165, 1.54) is 12.1 Å². The van der Waals surface area contributed by atoms with Crippen molar-refractivity contribution in [2.45, 2.75) is 105 Å². The molecule has 0 saturated heterocycles. The first-order valence-electron chi connectivity index (χ1n) is 18.4. The molecule has 12 nitrogen and oxygen atoms in total. The van der Waals surface area contributed by atoms with Crippen LogP contribution in [0.1, 0.15) is 99.6 Å². The molecule has 1 aromatic heterocycles. The monoisotopic (exact) mass is 744 g/mol. The van der Waals surface area contributed by atoms with Gasteiger partial charge in [-0.2, -0.15) is 0 Å². The highest BCUT2D eigenvalue weighted by molar-refractivity contribution is 5.97. The molecular weight excluding hydrogens is 684 g/mol. The number of hydrogen-bond donors (Lipinski definition) is 7. The summed E-state index contributed by atoms with van der Waals surface area (Å²) in [5.41, 5.74) is 4.24. The first-order chi connectivity index (χ1) is 25.7. The predicted octanol–water partition coefficient (Wildman–Crippen LogP) is 5.00. The number of nitrogens with zero attached hydrogens (tertiary/aromatic N) is 1. The van der Waals surface area contributed by atoms with Gasteiger partial charge in [0.1, 0.15) is 6.04 Å². The van der Waals surface area contributed by atoms with Crippen LogP contribution in [0.15, 0.2) is 90.4 Å². The quantitative estimate of drug-likeness (QED) is 0.0889. The standard InChI is InChI=1S/C41H56N6O5.CH4O/c1-8-12-34(46-39(50)35(24-41(5,6)7)47-38(49)31-19-21-42-22-20-31)36(27(2)3)45-33(23-29-13-10-9-11-14-29)26-43-28(4)37(48)44-25-30-15-17-32(18-16-30)40(51)52;1-2/h9-11,13-22,28,33-35,43,45H,8,12,23-26H2,1-7H3,(H,44,48)(H,46,50)(H,47,49)(H,51,52);2H,1H3/t28-,33?,34-,35?;/m0./s1. The van der Waals surface area contributed by atoms with Gasteiger partial charge in [-0.05, 0) is 80.8 Å². The number of aromatic carboxylic acids is 1. The van der Waals surface area contributed by atoms with E-state index >= 15 is 0 Å². The van der Waals surface area contributed by atoms with Crippen molar-refractivity contribution < 1.29 is 29.4 Å². The Kier molecular flexibility index (Phi) is 19.1. The minimum atomic E-state index is -0.998. The highest BCUT2D eigenvalue weighted by Gasteiger charge is 2.30. The van der Waals surface area contributed by atoms with Crippen molar-refractivity contribution in [3.8, 4) is 0 Å². The number of benzene rings is 2. The van der Waals surface area contributed by atoms with E-state index in [1.54, 1.807) is 43.6 Å². The van der Waals surface area contributed by atoms with Crippen molar-refractivity contribution >= 4 is 23.7 Å². The maximum absolute atomic E-state index is 14.0. The summed E-state index contributed by atoms with van der Waals surface area (Å²) in [4.78, 5) is 55.4. The van der Waals surface area contributed by atoms with E-state index in [1.807, 2.05) is 52.8 Å². The lowest BCUT2D eigenvalue weighted by Crippen LogP contribution is -2.54.